The van der Waals surface area contributed by atoms with Crippen molar-refractivity contribution in [2.75, 3.05) is 29.4 Å². The van der Waals surface area contributed by atoms with Crippen LogP contribution in [0.5, 0.6) is 0 Å². The minimum atomic E-state index is 0.371. The number of rotatable bonds is 3. The minimum absolute atomic E-state index is 0.371. The second-order valence-corrected chi connectivity index (χ2v) is 10.1. The summed E-state index contributed by atoms with van der Waals surface area (Å²) in [6.07, 6.45) is 5.47. The Hall–Kier alpha value is -3.06. The molecule has 2 aliphatic heterocycles. The molecule has 32 heavy (non-hydrogen) atoms. The van der Waals surface area contributed by atoms with Crippen molar-refractivity contribution in [3.8, 4) is 6.07 Å². The average Bonchev–Trinajstić information content (AvgIpc) is 3.14. The fourth-order valence-electron chi connectivity index (χ4n) is 5.81. The van der Waals surface area contributed by atoms with Crippen molar-refractivity contribution in [1.82, 2.24) is 4.98 Å². The molecule has 2 saturated heterocycles. The van der Waals surface area contributed by atoms with Crippen LogP contribution >= 0.6 is 0 Å². The maximum atomic E-state index is 9.50. The molecule has 1 aromatic heterocycles. The van der Waals surface area contributed by atoms with Gasteiger partial charge in [0.25, 0.3) is 0 Å². The molecule has 0 aliphatic carbocycles. The van der Waals surface area contributed by atoms with E-state index in [-0.39, 0.29) is 0 Å². The number of benzene rings is 2. The number of anilines is 2. The molecule has 1 atom stereocenters. The SMILES string of the molecule is CC(C)c1ccc(N2CCC3(CC2)CC(C)N(c2ccc(C#N)c4ncccc24)C3)cc1. The normalized spacial score (nSPS) is 20.3. The lowest BCUT2D eigenvalue weighted by molar-refractivity contribution is 0.245. The third-order valence-corrected chi connectivity index (χ3v) is 7.69. The second kappa shape index (κ2) is 8.13. The first kappa shape index (κ1) is 20.8. The van der Waals surface area contributed by atoms with Gasteiger partial charge in [0.05, 0.1) is 11.1 Å². The fraction of sp³-hybridized carbons (Fsp3) is 0.429. The van der Waals surface area contributed by atoms with Gasteiger partial charge in [-0.2, -0.15) is 5.26 Å². The van der Waals surface area contributed by atoms with Gasteiger partial charge in [0.1, 0.15) is 6.07 Å². The summed E-state index contributed by atoms with van der Waals surface area (Å²) in [7, 11) is 0. The minimum Gasteiger partial charge on any atom is -0.371 e. The van der Waals surface area contributed by atoms with Crippen LogP contribution in [-0.2, 0) is 0 Å². The van der Waals surface area contributed by atoms with Gasteiger partial charge in [-0.05, 0) is 79.5 Å². The Bertz CT molecular complexity index is 1150. The van der Waals surface area contributed by atoms with E-state index >= 15 is 0 Å². The summed E-state index contributed by atoms with van der Waals surface area (Å²) >= 11 is 0. The molecular weight excluding hydrogens is 392 g/mol. The van der Waals surface area contributed by atoms with Gasteiger partial charge in [-0.25, -0.2) is 0 Å². The van der Waals surface area contributed by atoms with Gasteiger partial charge in [0.2, 0.25) is 0 Å². The van der Waals surface area contributed by atoms with Crippen molar-refractivity contribution in [2.45, 2.75) is 52.0 Å². The molecule has 5 rings (SSSR count). The van der Waals surface area contributed by atoms with E-state index in [0.717, 1.165) is 30.5 Å². The number of fused-ring (bicyclic) bond motifs is 1. The number of hydrogen-bond acceptors (Lipinski definition) is 4. The molecule has 164 valence electrons. The highest BCUT2D eigenvalue weighted by Crippen LogP contribution is 2.46. The van der Waals surface area contributed by atoms with Crippen LogP contribution in [-0.4, -0.2) is 30.7 Å². The van der Waals surface area contributed by atoms with Crippen molar-refractivity contribution in [1.29, 1.82) is 5.26 Å². The largest absolute Gasteiger partial charge is 0.371 e. The van der Waals surface area contributed by atoms with Crippen molar-refractivity contribution >= 4 is 22.3 Å². The summed E-state index contributed by atoms with van der Waals surface area (Å²) in [5.74, 6) is 0.577. The Morgan fingerprint density at radius 2 is 1.81 bits per heavy atom. The van der Waals surface area contributed by atoms with E-state index in [1.54, 1.807) is 6.20 Å². The highest BCUT2D eigenvalue weighted by atomic mass is 15.2. The molecule has 1 spiro atoms. The van der Waals surface area contributed by atoms with Gasteiger partial charge in [-0.15, -0.1) is 0 Å². The third-order valence-electron chi connectivity index (χ3n) is 7.69. The van der Waals surface area contributed by atoms with Crippen LogP contribution in [0.3, 0.4) is 0 Å². The van der Waals surface area contributed by atoms with Gasteiger partial charge >= 0.3 is 0 Å². The number of aromatic nitrogens is 1. The second-order valence-electron chi connectivity index (χ2n) is 10.1. The summed E-state index contributed by atoms with van der Waals surface area (Å²) in [6, 6.07) is 20.1. The molecular formula is C28H32N4. The maximum absolute atomic E-state index is 9.50. The first-order chi connectivity index (χ1) is 15.5. The summed E-state index contributed by atoms with van der Waals surface area (Å²) in [5, 5.41) is 10.6. The Morgan fingerprint density at radius 1 is 1.06 bits per heavy atom. The Morgan fingerprint density at radius 3 is 2.50 bits per heavy atom. The highest BCUT2D eigenvalue weighted by Gasteiger charge is 2.44. The van der Waals surface area contributed by atoms with Crippen LogP contribution in [0, 0.1) is 16.7 Å². The van der Waals surface area contributed by atoms with Crippen molar-refractivity contribution < 1.29 is 0 Å². The van der Waals surface area contributed by atoms with Gasteiger partial charge < -0.3 is 9.80 Å². The van der Waals surface area contributed by atoms with E-state index in [2.05, 4.69) is 78.0 Å². The van der Waals surface area contributed by atoms with Crippen LogP contribution in [0.15, 0.2) is 54.7 Å². The van der Waals surface area contributed by atoms with Crippen LogP contribution in [0.4, 0.5) is 11.4 Å². The molecule has 4 heteroatoms. The summed E-state index contributed by atoms with van der Waals surface area (Å²) in [4.78, 5) is 9.64. The van der Waals surface area contributed by atoms with E-state index in [4.69, 9.17) is 0 Å². The van der Waals surface area contributed by atoms with Gasteiger partial charge in [0, 0.05) is 48.6 Å². The number of hydrogen-bond donors (Lipinski definition) is 0. The van der Waals surface area contributed by atoms with Gasteiger partial charge in [-0.1, -0.05) is 26.0 Å². The number of nitriles is 1. The maximum Gasteiger partial charge on any atom is 0.101 e. The standard InChI is InChI=1S/C28H32N4/c1-20(2)22-6-9-24(10-7-22)31-15-12-28(13-16-31)17-21(3)32(19-28)26-11-8-23(18-29)27-25(26)5-4-14-30-27/h4-11,14,20-21H,12-13,15-17,19H2,1-3H3. The average molecular weight is 425 g/mol. The van der Waals surface area contributed by atoms with E-state index in [1.807, 2.05) is 12.1 Å². The Labute approximate surface area is 191 Å². The summed E-state index contributed by atoms with van der Waals surface area (Å²) in [5.41, 5.74) is 5.84. The van der Waals surface area contributed by atoms with Crippen molar-refractivity contribution in [3.63, 3.8) is 0 Å². The molecule has 4 nitrogen and oxygen atoms in total. The first-order valence-electron chi connectivity index (χ1n) is 11.9. The predicted octanol–water partition coefficient (Wildman–Crippen LogP) is 6.12. The van der Waals surface area contributed by atoms with Crippen LogP contribution in [0.25, 0.3) is 10.9 Å². The van der Waals surface area contributed by atoms with Gasteiger partial charge in [0.15, 0.2) is 0 Å². The third kappa shape index (κ3) is 3.60. The lowest BCUT2D eigenvalue weighted by Gasteiger charge is -2.40. The number of nitrogens with zero attached hydrogens (tertiary/aromatic N) is 4. The quantitative estimate of drug-likeness (QED) is 0.508. The number of pyridine rings is 1. The smallest absolute Gasteiger partial charge is 0.101 e. The molecule has 0 N–H and O–H groups in total. The van der Waals surface area contributed by atoms with Crippen LogP contribution in [0.1, 0.15) is 57.1 Å². The molecule has 2 fully saturated rings. The lowest BCUT2D eigenvalue weighted by Crippen LogP contribution is -2.41. The molecule has 0 saturated carbocycles. The molecule has 0 radical (unpaired) electrons. The van der Waals surface area contributed by atoms with Gasteiger partial charge in [-0.3, -0.25) is 4.98 Å². The van der Waals surface area contributed by atoms with Crippen LogP contribution in [0.2, 0.25) is 0 Å². The van der Waals surface area contributed by atoms with E-state index < -0.39 is 0 Å². The van der Waals surface area contributed by atoms with E-state index in [0.29, 0.717) is 22.9 Å². The molecule has 0 bridgehead atoms. The zero-order valence-electron chi connectivity index (χ0n) is 19.4. The monoisotopic (exact) mass is 424 g/mol. The molecule has 3 heterocycles. The predicted molar refractivity (Wildman–Crippen MR) is 132 cm³/mol. The molecule has 1 unspecified atom stereocenters. The zero-order chi connectivity index (χ0) is 22.3. The fourth-order valence-corrected chi connectivity index (χ4v) is 5.81. The van der Waals surface area contributed by atoms with Crippen LogP contribution < -0.4 is 9.80 Å². The molecule has 2 aliphatic rings. The first-order valence-corrected chi connectivity index (χ1v) is 11.9. The topological polar surface area (TPSA) is 43.2 Å². The summed E-state index contributed by atoms with van der Waals surface area (Å²) in [6.45, 7) is 10.2. The van der Waals surface area contributed by atoms with E-state index in [9.17, 15) is 5.26 Å². The summed E-state index contributed by atoms with van der Waals surface area (Å²) < 4.78 is 0. The number of piperidine rings is 1. The highest BCUT2D eigenvalue weighted by molar-refractivity contribution is 5.95. The van der Waals surface area contributed by atoms with E-state index in [1.165, 1.54) is 36.2 Å². The van der Waals surface area contributed by atoms with Crippen molar-refractivity contribution in [2.24, 2.45) is 5.41 Å². The Balaban J connectivity index is 1.34. The molecule has 0 amide bonds. The van der Waals surface area contributed by atoms with Crippen molar-refractivity contribution in [3.05, 3.63) is 65.9 Å². The molecule has 2 aromatic carbocycles. The molecule has 3 aromatic rings. The zero-order valence-corrected chi connectivity index (χ0v) is 19.4. The Kier molecular flexibility index (Phi) is 5.29. The lowest BCUT2D eigenvalue weighted by atomic mass is 9.76.